The zero-order chi connectivity index (χ0) is 10.9. The smallest absolute Gasteiger partial charge is 0.113 e. The summed E-state index contributed by atoms with van der Waals surface area (Å²) >= 11 is 0. The summed E-state index contributed by atoms with van der Waals surface area (Å²) in [6, 6.07) is 0. The highest BCUT2D eigenvalue weighted by Gasteiger charge is 2.51. The number of aliphatic hydroxyl groups is 1. The lowest BCUT2D eigenvalue weighted by Gasteiger charge is -2.42. The summed E-state index contributed by atoms with van der Waals surface area (Å²) in [7, 11) is 3.28. The van der Waals surface area contributed by atoms with Crippen molar-refractivity contribution in [2.24, 2.45) is 0 Å². The van der Waals surface area contributed by atoms with Gasteiger partial charge in [0.15, 0.2) is 0 Å². The number of methoxy groups -OCH3 is 2. The molecule has 86 valence electrons. The van der Waals surface area contributed by atoms with E-state index in [1.807, 2.05) is 12.2 Å². The molecule has 0 aromatic carbocycles. The zero-order valence-corrected chi connectivity index (χ0v) is 9.23. The molecule has 3 atom stereocenters. The summed E-state index contributed by atoms with van der Waals surface area (Å²) in [5, 5.41) is 9.84. The molecule has 0 radical (unpaired) electrons. The minimum atomic E-state index is -0.453. The van der Waals surface area contributed by atoms with E-state index in [-0.39, 0.29) is 6.10 Å². The average molecular weight is 214 g/mol. The zero-order valence-electron chi connectivity index (χ0n) is 9.23. The van der Waals surface area contributed by atoms with Crippen molar-refractivity contribution >= 4 is 0 Å². The van der Waals surface area contributed by atoms with Crippen molar-refractivity contribution in [3.05, 3.63) is 12.2 Å². The Hall–Kier alpha value is -0.420. The first-order chi connectivity index (χ1) is 7.14. The van der Waals surface area contributed by atoms with Crippen LogP contribution in [-0.4, -0.2) is 49.8 Å². The van der Waals surface area contributed by atoms with Gasteiger partial charge in [-0.2, -0.15) is 0 Å². The second kappa shape index (κ2) is 3.87. The minimum Gasteiger partial charge on any atom is -0.393 e. The summed E-state index contributed by atoms with van der Waals surface area (Å²) in [6.07, 6.45) is 4.86. The maximum atomic E-state index is 9.84. The molecule has 2 heterocycles. The van der Waals surface area contributed by atoms with Crippen LogP contribution >= 0.6 is 0 Å². The van der Waals surface area contributed by atoms with Gasteiger partial charge in [0, 0.05) is 27.1 Å². The first kappa shape index (κ1) is 11.1. The van der Waals surface area contributed by atoms with Gasteiger partial charge in [-0.3, -0.25) is 0 Å². The maximum Gasteiger partial charge on any atom is 0.113 e. The van der Waals surface area contributed by atoms with Crippen LogP contribution in [0.15, 0.2) is 12.2 Å². The lowest BCUT2D eigenvalue weighted by atomic mass is 9.90. The summed E-state index contributed by atoms with van der Waals surface area (Å²) in [5.41, 5.74) is -0.907. The Balaban J connectivity index is 2.16. The van der Waals surface area contributed by atoms with Gasteiger partial charge < -0.3 is 19.3 Å². The Morgan fingerprint density at radius 1 is 1.20 bits per heavy atom. The average Bonchev–Trinajstić information content (AvgIpc) is 2.39. The van der Waals surface area contributed by atoms with E-state index < -0.39 is 11.2 Å². The van der Waals surface area contributed by atoms with E-state index in [0.717, 1.165) is 0 Å². The fraction of sp³-hybridized carbons (Fsp3) is 0.818. The molecular weight excluding hydrogens is 196 g/mol. The fourth-order valence-electron chi connectivity index (χ4n) is 2.63. The standard InChI is InChI=1S/C11H18O4/c1-13-7-10-3-4-11(15-10,8-14-2)6-9(12)5-10/h3-4,9,12H,5-8H2,1-2H3/t9-,10+,11-. The molecule has 2 aliphatic rings. The number of rotatable bonds is 4. The number of aliphatic hydroxyl groups excluding tert-OH is 1. The molecule has 2 aliphatic heterocycles. The SMILES string of the molecule is COC[C@@]12C=C[C@@](COC)(C[C@@H](O)C1)O2. The molecule has 0 spiro atoms. The van der Waals surface area contributed by atoms with Gasteiger partial charge in [0.25, 0.3) is 0 Å². The van der Waals surface area contributed by atoms with Crippen LogP contribution in [0.5, 0.6) is 0 Å². The minimum absolute atomic E-state index is 0.348. The van der Waals surface area contributed by atoms with E-state index in [4.69, 9.17) is 14.2 Å². The van der Waals surface area contributed by atoms with Crippen LogP contribution in [0.3, 0.4) is 0 Å². The van der Waals surface area contributed by atoms with E-state index in [9.17, 15) is 5.11 Å². The molecule has 2 rings (SSSR count). The molecule has 0 aliphatic carbocycles. The van der Waals surface area contributed by atoms with Gasteiger partial charge >= 0.3 is 0 Å². The van der Waals surface area contributed by atoms with Gasteiger partial charge in [-0.25, -0.2) is 0 Å². The van der Waals surface area contributed by atoms with E-state index >= 15 is 0 Å². The van der Waals surface area contributed by atoms with Crippen molar-refractivity contribution in [3.63, 3.8) is 0 Å². The van der Waals surface area contributed by atoms with E-state index in [2.05, 4.69) is 0 Å². The maximum absolute atomic E-state index is 9.84. The molecule has 1 saturated heterocycles. The number of hydrogen-bond acceptors (Lipinski definition) is 4. The molecule has 0 unspecified atom stereocenters. The third-order valence-electron chi connectivity index (χ3n) is 3.04. The molecule has 0 amide bonds. The van der Waals surface area contributed by atoms with E-state index in [1.54, 1.807) is 14.2 Å². The van der Waals surface area contributed by atoms with Crippen molar-refractivity contribution in [1.29, 1.82) is 0 Å². The normalized spacial score (nSPS) is 43.5. The van der Waals surface area contributed by atoms with Crippen LogP contribution in [0, 0.1) is 0 Å². The summed E-state index contributed by atoms with van der Waals surface area (Å²) in [6.45, 7) is 0.956. The van der Waals surface area contributed by atoms with Gasteiger partial charge in [-0.05, 0) is 0 Å². The van der Waals surface area contributed by atoms with Crippen LogP contribution in [0.4, 0.5) is 0 Å². The van der Waals surface area contributed by atoms with Crippen molar-refractivity contribution in [3.8, 4) is 0 Å². The van der Waals surface area contributed by atoms with E-state index in [1.165, 1.54) is 0 Å². The van der Waals surface area contributed by atoms with Crippen molar-refractivity contribution in [1.82, 2.24) is 0 Å². The summed E-state index contributed by atoms with van der Waals surface area (Å²) < 4.78 is 16.3. The molecule has 2 bridgehead atoms. The summed E-state index contributed by atoms with van der Waals surface area (Å²) in [4.78, 5) is 0. The predicted molar refractivity (Wildman–Crippen MR) is 54.7 cm³/mol. The fourth-order valence-corrected chi connectivity index (χ4v) is 2.63. The Kier molecular flexibility index (Phi) is 2.85. The van der Waals surface area contributed by atoms with E-state index in [0.29, 0.717) is 26.1 Å². The molecule has 15 heavy (non-hydrogen) atoms. The third kappa shape index (κ3) is 1.95. The second-order valence-electron chi connectivity index (χ2n) is 4.49. The lowest BCUT2D eigenvalue weighted by molar-refractivity contribution is -0.192. The number of fused-ring (bicyclic) bond motifs is 2. The molecule has 1 fully saturated rings. The highest BCUT2D eigenvalue weighted by atomic mass is 16.6. The van der Waals surface area contributed by atoms with Gasteiger partial charge in [0.1, 0.15) is 11.2 Å². The van der Waals surface area contributed by atoms with Gasteiger partial charge in [-0.1, -0.05) is 12.2 Å². The van der Waals surface area contributed by atoms with Crippen molar-refractivity contribution < 1.29 is 19.3 Å². The predicted octanol–water partition coefficient (Wildman–Crippen LogP) is 0.498. The molecular formula is C11H18O4. The molecule has 0 aromatic rings. The highest BCUT2D eigenvalue weighted by molar-refractivity contribution is 5.22. The molecule has 0 aromatic heterocycles. The van der Waals surface area contributed by atoms with Crippen LogP contribution in [-0.2, 0) is 14.2 Å². The number of ether oxygens (including phenoxy) is 3. The van der Waals surface area contributed by atoms with Gasteiger partial charge in [-0.15, -0.1) is 0 Å². The van der Waals surface area contributed by atoms with Crippen LogP contribution in [0.2, 0.25) is 0 Å². The molecule has 0 saturated carbocycles. The monoisotopic (exact) mass is 214 g/mol. The van der Waals surface area contributed by atoms with Gasteiger partial charge in [0.05, 0.1) is 19.3 Å². The largest absolute Gasteiger partial charge is 0.393 e. The Morgan fingerprint density at radius 2 is 1.67 bits per heavy atom. The lowest BCUT2D eigenvalue weighted by Crippen LogP contribution is -2.51. The Labute approximate surface area is 89.8 Å². The van der Waals surface area contributed by atoms with Crippen LogP contribution in [0.1, 0.15) is 12.8 Å². The number of hydrogen-bond donors (Lipinski definition) is 1. The molecule has 1 N–H and O–H groups in total. The third-order valence-corrected chi connectivity index (χ3v) is 3.04. The quantitative estimate of drug-likeness (QED) is 0.692. The first-order valence-electron chi connectivity index (χ1n) is 5.20. The van der Waals surface area contributed by atoms with Gasteiger partial charge in [0.2, 0.25) is 0 Å². The first-order valence-corrected chi connectivity index (χ1v) is 5.20. The highest BCUT2D eigenvalue weighted by Crippen LogP contribution is 2.43. The van der Waals surface area contributed by atoms with Crippen LogP contribution in [0.25, 0.3) is 0 Å². The summed E-state index contributed by atoms with van der Waals surface area (Å²) in [5.74, 6) is 0. The second-order valence-corrected chi connectivity index (χ2v) is 4.49. The van der Waals surface area contributed by atoms with Crippen molar-refractivity contribution in [2.75, 3.05) is 27.4 Å². The topological polar surface area (TPSA) is 47.9 Å². The Morgan fingerprint density at radius 3 is 2.07 bits per heavy atom. The Bertz CT molecular complexity index is 241. The molecule has 4 heteroatoms. The molecule has 4 nitrogen and oxygen atoms in total. The van der Waals surface area contributed by atoms with Crippen LogP contribution < -0.4 is 0 Å². The van der Waals surface area contributed by atoms with Crippen molar-refractivity contribution in [2.45, 2.75) is 30.1 Å².